The third kappa shape index (κ3) is 4.67. The lowest BCUT2D eigenvalue weighted by Crippen LogP contribution is -2.57. The number of carboxylic acids is 1. The molecule has 1 atom stereocenters. The SMILES string of the molecule is CC(O)CCN(C)C(=O)NC1(C(=O)O)CCCCCC1. The number of hydrogen-bond donors (Lipinski definition) is 3. The zero-order chi connectivity index (χ0) is 15.2. The molecule has 1 fully saturated rings. The summed E-state index contributed by atoms with van der Waals surface area (Å²) in [6.45, 7) is 2.06. The Hall–Kier alpha value is -1.30. The molecule has 0 aromatic carbocycles. The molecule has 0 heterocycles. The van der Waals surface area contributed by atoms with Gasteiger partial charge in [-0.2, -0.15) is 0 Å². The fraction of sp³-hybridized carbons (Fsp3) is 0.857. The Bertz CT molecular complexity index is 336. The molecule has 1 saturated carbocycles. The van der Waals surface area contributed by atoms with Crippen LogP contribution in [0.2, 0.25) is 0 Å². The second kappa shape index (κ2) is 7.47. The zero-order valence-corrected chi connectivity index (χ0v) is 12.4. The van der Waals surface area contributed by atoms with Crippen molar-refractivity contribution in [1.82, 2.24) is 10.2 Å². The molecule has 1 aliphatic carbocycles. The Labute approximate surface area is 120 Å². The van der Waals surface area contributed by atoms with Crippen molar-refractivity contribution in [3.8, 4) is 0 Å². The molecule has 0 aromatic rings. The average Bonchev–Trinajstić information content (AvgIpc) is 2.62. The first-order chi connectivity index (χ1) is 9.37. The molecule has 0 aliphatic heterocycles. The summed E-state index contributed by atoms with van der Waals surface area (Å²) in [6.07, 6.45) is 4.65. The number of carboxylic acid groups (broad SMARTS) is 1. The summed E-state index contributed by atoms with van der Waals surface area (Å²) in [5.41, 5.74) is -1.13. The van der Waals surface area contributed by atoms with Crippen molar-refractivity contribution < 1.29 is 19.8 Å². The normalized spacial score (nSPS) is 19.8. The van der Waals surface area contributed by atoms with E-state index in [1.807, 2.05) is 0 Å². The highest BCUT2D eigenvalue weighted by Crippen LogP contribution is 2.27. The van der Waals surface area contributed by atoms with Crippen molar-refractivity contribution in [3.05, 3.63) is 0 Å². The van der Waals surface area contributed by atoms with Gasteiger partial charge >= 0.3 is 12.0 Å². The lowest BCUT2D eigenvalue weighted by atomic mass is 9.90. The van der Waals surface area contributed by atoms with Crippen LogP contribution in [0.5, 0.6) is 0 Å². The maximum absolute atomic E-state index is 12.1. The molecule has 1 unspecified atom stereocenters. The van der Waals surface area contributed by atoms with E-state index in [2.05, 4.69) is 5.32 Å². The molecule has 2 amide bonds. The van der Waals surface area contributed by atoms with E-state index in [1.54, 1.807) is 14.0 Å². The molecule has 0 saturated heterocycles. The highest BCUT2D eigenvalue weighted by atomic mass is 16.4. The molecule has 116 valence electrons. The number of rotatable bonds is 5. The fourth-order valence-corrected chi connectivity index (χ4v) is 2.51. The van der Waals surface area contributed by atoms with E-state index in [1.165, 1.54) is 4.90 Å². The molecule has 1 rings (SSSR count). The highest BCUT2D eigenvalue weighted by molar-refractivity contribution is 5.86. The number of aliphatic carboxylic acids is 1. The number of aliphatic hydroxyl groups excluding tert-OH is 1. The van der Waals surface area contributed by atoms with Gasteiger partial charge in [-0.3, -0.25) is 0 Å². The van der Waals surface area contributed by atoms with Crippen LogP contribution in [0.4, 0.5) is 4.79 Å². The third-order valence-corrected chi connectivity index (χ3v) is 3.94. The molecule has 0 spiro atoms. The van der Waals surface area contributed by atoms with Crippen LogP contribution in [0, 0.1) is 0 Å². The second-order valence-electron chi connectivity index (χ2n) is 5.79. The van der Waals surface area contributed by atoms with E-state index in [-0.39, 0.29) is 6.03 Å². The first kappa shape index (κ1) is 16.8. The van der Waals surface area contributed by atoms with Crippen LogP contribution < -0.4 is 5.32 Å². The summed E-state index contributed by atoms with van der Waals surface area (Å²) in [6, 6.07) is -0.380. The van der Waals surface area contributed by atoms with E-state index < -0.39 is 17.6 Å². The molecule has 0 aromatic heterocycles. The summed E-state index contributed by atoms with van der Waals surface area (Å²) in [5.74, 6) is -0.948. The van der Waals surface area contributed by atoms with E-state index >= 15 is 0 Å². The Balaban J connectivity index is 2.65. The van der Waals surface area contributed by atoms with Gasteiger partial charge in [0.15, 0.2) is 0 Å². The van der Waals surface area contributed by atoms with Gasteiger partial charge in [0.25, 0.3) is 0 Å². The zero-order valence-electron chi connectivity index (χ0n) is 12.4. The Morgan fingerprint density at radius 3 is 2.25 bits per heavy atom. The van der Waals surface area contributed by atoms with Gasteiger partial charge in [-0.15, -0.1) is 0 Å². The van der Waals surface area contributed by atoms with Gasteiger partial charge in [0.2, 0.25) is 0 Å². The van der Waals surface area contributed by atoms with Crippen molar-refractivity contribution >= 4 is 12.0 Å². The molecular weight excluding hydrogens is 260 g/mol. The summed E-state index contributed by atoms with van der Waals surface area (Å²) in [7, 11) is 1.62. The quantitative estimate of drug-likeness (QED) is 0.669. The van der Waals surface area contributed by atoms with Crippen LogP contribution in [-0.4, -0.2) is 52.3 Å². The number of nitrogens with zero attached hydrogens (tertiary/aromatic N) is 1. The van der Waals surface area contributed by atoms with Crippen LogP contribution in [0.1, 0.15) is 51.9 Å². The maximum Gasteiger partial charge on any atom is 0.329 e. The minimum atomic E-state index is -1.13. The number of carbonyl (C=O) groups is 2. The van der Waals surface area contributed by atoms with Gasteiger partial charge in [0.1, 0.15) is 5.54 Å². The van der Waals surface area contributed by atoms with Crippen LogP contribution in [0.3, 0.4) is 0 Å². The molecule has 6 nitrogen and oxygen atoms in total. The first-order valence-electron chi connectivity index (χ1n) is 7.32. The van der Waals surface area contributed by atoms with E-state index in [9.17, 15) is 19.8 Å². The van der Waals surface area contributed by atoms with Crippen molar-refractivity contribution in [1.29, 1.82) is 0 Å². The Morgan fingerprint density at radius 2 is 1.80 bits per heavy atom. The Morgan fingerprint density at radius 1 is 1.25 bits per heavy atom. The molecular formula is C14H26N2O4. The molecule has 6 heteroatoms. The van der Waals surface area contributed by atoms with Gasteiger partial charge in [0.05, 0.1) is 6.10 Å². The third-order valence-electron chi connectivity index (χ3n) is 3.94. The van der Waals surface area contributed by atoms with Crippen molar-refractivity contribution in [2.45, 2.75) is 63.5 Å². The number of urea groups is 1. The van der Waals surface area contributed by atoms with Gasteiger partial charge < -0.3 is 20.4 Å². The molecule has 20 heavy (non-hydrogen) atoms. The van der Waals surface area contributed by atoms with Crippen molar-refractivity contribution in [3.63, 3.8) is 0 Å². The molecule has 0 radical (unpaired) electrons. The van der Waals surface area contributed by atoms with Gasteiger partial charge in [-0.1, -0.05) is 25.7 Å². The standard InChI is InChI=1S/C14H26N2O4/c1-11(17)7-10-16(2)13(20)15-14(12(18)19)8-5-3-4-6-9-14/h11,17H,3-10H2,1-2H3,(H,15,20)(H,18,19). The predicted octanol–water partition coefficient (Wildman–Crippen LogP) is 1.58. The smallest absolute Gasteiger partial charge is 0.329 e. The summed E-state index contributed by atoms with van der Waals surface area (Å²) >= 11 is 0. The van der Waals surface area contributed by atoms with E-state index in [0.29, 0.717) is 25.8 Å². The summed E-state index contributed by atoms with van der Waals surface area (Å²) in [5, 5.41) is 21.4. The van der Waals surface area contributed by atoms with Crippen LogP contribution >= 0.6 is 0 Å². The lowest BCUT2D eigenvalue weighted by Gasteiger charge is -2.31. The number of amides is 2. The number of carbonyl (C=O) groups excluding carboxylic acids is 1. The number of aliphatic hydroxyl groups is 1. The monoisotopic (exact) mass is 286 g/mol. The van der Waals surface area contributed by atoms with Crippen molar-refractivity contribution in [2.75, 3.05) is 13.6 Å². The summed E-state index contributed by atoms with van der Waals surface area (Å²) in [4.78, 5) is 25.1. The average molecular weight is 286 g/mol. The van der Waals surface area contributed by atoms with Crippen LogP contribution in [0.15, 0.2) is 0 Å². The predicted molar refractivity (Wildman–Crippen MR) is 75.5 cm³/mol. The topological polar surface area (TPSA) is 89.9 Å². The van der Waals surface area contributed by atoms with Gasteiger partial charge in [-0.25, -0.2) is 9.59 Å². The maximum atomic E-state index is 12.1. The number of hydrogen-bond acceptors (Lipinski definition) is 3. The van der Waals surface area contributed by atoms with Crippen LogP contribution in [0.25, 0.3) is 0 Å². The minimum Gasteiger partial charge on any atom is -0.480 e. The number of nitrogens with one attached hydrogen (secondary N) is 1. The Kier molecular flexibility index (Phi) is 6.26. The second-order valence-corrected chi connectivity index (χ2v) is 5.79. The lowest BCUT2D eigenvalue weighted by molar-refractivity contribution is -0.145. The molecule has 0 bridgehead atoms. The summed E-state index contributed by atoms with van der Waals surface area (Å²) < 4.78 is 0. The molecule has 3 N–H and O–H groups in total. The van der Waals surface area contributed by atoms with Gasteiger partial charge in [0, 0.05) is 13.6 Å². The van der Waals surface area contributed by atoms with Crippen molar-refractivity contribution in [2.24, 2.45) is 0 Å². The minimum absolute atomic E-state index is 0.380. The van der Waals surface area contributed by atoms with E-state index in [0.717, 1.165) is 25.7 Å². The first-order valence-corrected chi connectivity index (χ1v) is 7.32. The fourth-order valence-electron chi connectivity index (χ4n) is 2.51. The van der Waals surface area contributed by atoms with E-state index in [4.69, 9.17) is 0 Å². The largest absolute Gasteiger partial charge is 0.480 e. The highest BCUT2D eigenvalue weighted by Gasteiger charge is 2.40. The van der Waals surface area contributed by atoms with Gasteiger partial charge in [-0.05, 0) is 26.2 Å². The molecule has 1 aliphatic rings. The van der Waals surface area contributed by atoms with Crippen LogP contribution in [-0.2, 0) is 4.79 Å².